The van der Waals surface area contributed by atoms with Crippen molar-refractivity contribution in [1.29, 1.82) is 0 Å². The van der Waals surface area contributed by atoms with E-state index in [4.69, 9.17) is 10.8 Å². The zero-order valence-corrected chi connectivity index (χ0v) is 10.4. The van der Waals surface area contributed by atoms with Crippen LogP contribution in [0.5, 0.6) is 0 Å². The summed E-state index contributed by atoms with van der Waals surface area (Å²) in [6.45, 7) is 7.30. The van der Waals surface area contributed by atoms with Crippen molar-refractivity contribution in [2.45, 2.75) is 46.2 Å². The summed E-state index contributed by atoms with van der Waals surface area (Å²) in [5, 5.41) is 11.4. The van der Waals surface area contributed by atoms with E-state index in [1.165, 1.54) is 0 Å². The first-order valence-electron chi connectivity index (χ1n) is 5.60. The predicted octanol–water partition coefficient (Wildman–Crippen LogP) is 0.585. The minimum absolute atomic E-state index is 0.0432. The van der Waals surface area contributed by atoms with Gasteiger partial charge in [0, 0.05) is 0 Å². The quantitative estimate of drug-likeness (QED) is 0.622. The summed E-state index contributed by atoms with van der Waals surface area (Å²) in [5.74, 6) is -1.54. The van der Waals surface area contributed by atoms with Gasteiger partial charge in [-0.3, -0.25) is 4.79 Å². The zero-order valence-electron chi connectivity index (χ0n) is 10.4. The van der Waals surface area contributed by atoms with Gasteiger partial charge in [0.05, 0.1) is 6.04 Å². The van der Waals surface area contributed by atoms with Crippen molar-refractivity contribution in [2.24, 2.45) is 17.6 Å². The number of nitrogens with two attached hydrogens (primary N) is 1. The first-order chi connectivity index (χ1) is 7.31. The summed E-state index contributed by atoms with van der Waals surface area (Å²) in [5.41, 5.74) is 5.71. The average Bonchev–Trinajstić information content (AvgIpc) is 2.22. The van der Waals surface area contributed by atoms with E-state index >= 15 is 0 Å². The molecule has 0 aliphatic heterocycles. The van der Waals surface area contributed by atoms with Crippen LogP contribution in [-0.4, -0.2) is 29.1 Å². The van der Waals surface area contributed by atoms with Crippen molar-refractivity contribution >= 4 is 11.9 Å². The van der Waals surface area contributed by atoms with Gasteiger partial charge in [-0.1, -0.05) is 34.1 Å². The normalized spacial score (nSPS) is 16.6. The van der Waals surface area contributed by atoms with Crippen LogP contribution in [0.4, 0.5) is 0 Å². The summed E-state index contributed by atoms with van der Waals surface area (Å²) in [7, 11) is 0. The maximum atomic E-state index is 11.7. The molecule has 3 atom stereocenters. The highest BCUT2D eigenvalue weighted by atomic mass is 16.4. The molecule has 0 rings (SSSR count). The number of aliphatic carboxylic acids is 1. The van der Waals surface area contributed by atoms with Gasteiger partial charge in [0.15, 0.2) is 0 Å². The van der Waals surface area contributed by atoms with E-state index in [2.05, 4.69) is 5.32 Å². The van der Waals surface area contributed by atoms with Gasteiger partial charge in [-0.05, 0) is 11.8 Å². The van der Waals surface area contributed by atoms with Crippen LogP contribution in [0.3, 0.4) is 0 Å². The van der Waals surface area contributed by atoms with Crippen molar-refractivity contribution in [3.05, 3.63) is 0 Å². The van der Waals surface area contributed by atoms with E-state index in [-0.39, 0.29) is 11.8 Å². The summed E-state index contributed by atoms with van der Waals surface area (Å²) >= 11 is 0. The third-order valence-electron chi connectivity index (χ3n) is 2.79. The molecule has 0 aromatic carbocycles. The predicted molar refractivity (Wildman–Crippen MR) is 61.8 cm³/mol. The highest BCUT2D eigenvalue weighted by Crippen LogP contribution is 2.07. The molecule has 0 fully saturated rings. The molecule has 0 heterocycles. The Morgan fingerprint density at radius 3 is 2.12 bits per heavy atom. The highest BCUT2D eigenvalue weighted by molar-refractivity contribution is 5.87. The van der Waals surface area contributed by atoms with Gasteiger partial charge in [-0.15, -0.1) is 0 Å². The van der Waals surface area contributed by atoms with Gasteiger partial charge in [0.1, 0.15) is 6.04 Å². The summed E-state index contributed by atoms with van der Waals surface area (Å²) in [6, 6.07) is -1.52. The maximum Gasteiger partial charge on any atom is 0.326 e. The molecule has 0 radical (unpaired) electrons. The van der Waals surface area contributed by atoms with Crippen LogP contribution in [0.15, 0.2) is 0 Å². The monoisotopic (exact) mass is 230 g/mol. The van der Waals surface area contributed by atoms with Gasteiger partial charge >= 0.3 is 5.97 Å². The van der Waals surface area contributed by atoms with Gasteiger partial charge in [0.25, 0.3) is 0 Å². The van der Waals surface area contributed by atoms with Crippen molar-refractivity contribution in [3.8, 4) is 0 Å². The molecule has 0 aliphatic carbocycles. The van der Waals surface area contributed by atoms with Crippen LogP contribution in [0.2, 0.25) is 0 Å². The molecule has 16 heavy (non-hydrogen) atoms. The minimum Gasteiger partial charge on any atom is -0.480 e. The van der Waals surface area contributed by atoms with E-state index in [1.54, 1.807) is 13.8 Å². The topological polar surface area (TPSA) is 92.4 Å². The number of hydrogen-bond acceptors (Lipinski definition) is 3. The fraction of sp³-hybridized carbons (Fsp3) is 0.818. The SMILES string of the molecule is CCC(C)[C@H](N)C(=O)NC(C(=O)O)C(C)C. The summed E-state index contributed by atoms with van der Waals surface area (Å²) in [4.78, 5) is 22.5. The van der Waals surface area contributed by atoms with Crippen LogP contribution in [-0.2, 0) is 9.59 Å². The molecule has 0 aromatic heterocycles. The molecule has 0 bridgehead atoms. The second-order valence-corrected chi connectivity index (χ2v) is 4.48. The Morgan fingerprint density at radius 2 is 1.81 bits per heavy atom. The molecule has 5 heteroatoms. The Hall–Kier alpha value is -1.10. The number of rotatable bonds is 6. The Labute approximate surface area is 96.4 Å². The lowest BCUT2D eigenvalue weighted by Crippen LogP contribution is -2.52. The number of carboxylic acids is 1. The molecular weight excluding hydrogens is 208 g/mol. The van der Waals surface area contributed by atoms with E-state index in [0.717, 1.165) is 6.42 Å². The molecule has 2 unspecified atom stereocenters. The standard InChI is InChI=1S/C11H22N2O3/c1-5-7(4)8(12)10(14)13-9(6(2)3)11(15)16/h6-9H,5,12H2,1-4H3,(H,13,14)(H,15,16)/t7?,8-,9?/m0/s1. The lowest BCUT2D eigenvalue weighted by molar-refractivity contribution is -0.143. The van der Waals surface area contributed by atoms with E-state index in [9.17, 15) is 9.59 Å². The van der Waals surface area contributed by atoms with Crippen LogP contribution in [0.1, 0.15) is 34.1 Å². The minimum atomic E-state index is -1.03. The zero-order chi connectivity index (χ0) is 12.9. The molecule has 1 amide bonds. The van der Waals surface area contributed by atoms with Gasteiger partial charge in [-0.2, -0.15) is 0 Å². The fourth-order valence-corrected chi connectivity index (χ4v) is 1.28. The third kappa shape index (κ3) is 4.18. The average molecular weight is 230 g/mol. The Morgan fingerprint density at radius 1 is 1.31 bits per heavy atom. The van der Waals surface area contributed by atoms with E-state index in [1.807, 2.05) is 13.8 Å². The Kier molecular flexibility index (Phi) is 6.03. The van der Waals surface area contributed by atoms with Crippen LogP contribution >= 0.6 is 0 Å². The van der Waals surface area contributed by atoms with Crippen LogP contribution in [0, 0.1) is 11.8 Å². The molecular formula is C11H22N2O3. The fourth-order valence-electron chi connectivity index (χ4n) is 1.28. The number of amides is 1. The number of carbonyl (C=O) groups is 2. The van der Waals surface area contributed by atoms with Crippen molar-refractivity contribution in [1.82, 2.24) is 5.32 Å². The smallest absolute Gasteiger partial charge is 0.326 e. The molecule has 0 aliphatic rings. The Balaban J connectivity index is 4.46. The van der Waals surface area contributed by atoms with Gasteiger partial charge < -0.3 is 16.2 Å². The van der Waals surface area contributed by atoms with E-state index < -0.39 is 24.0 Å². The first-order valence-corrected chi connectivity index (χ1v) is 5.60. The van der Waals surface area contributed by atoms with Gasteiger partial charge in [-0.25, -0.2) is 4.79 Å². The lowest BCUT2D eigenvalue weighted by Gasteiger charge is -2.23. The Bertz CT molecular complexity index is 254. The second kappa shape index (κ2) is 6.48. The summed E-state index contributed by atoms with van der Waals surface area (Å²) < 4.78 is 0. The maximum absolute atomic E-state index is 11.7. The third-order valence-corrected chi connectivity index (χ3v) is 2.79. The number of hydrogen-bond donors (Lipinski definition) is 3. The molecule has 94 valence electrons. The van der Waals surface area contributed by atoms with Crippen LogP contribution < -0.4 is 11.1 Å². The van der Waals surface area contributed by atoms with Crippen molar-refractivity contribution in [2.75, 3.05) is 0 Å². The molecule has 5 nitrogen and oxygen atoms in total. The molecule has 0 spiro atoms. The molecule has 0 aromatic rings. The lowest BCUT2D eigenvalue weighted by atomic mass is 9.98. The van der Waals surface area contributed by atoms with Crippen molar-refractivity contribution in [3.63, 3.8) is 0 Å². The van der Waals surface area contributed by atoms with Crippen molar-refractivity contribution < 1.29 is 14.7 Å². The molecule has 4 N–H and O–H groups in total. The largest absolute Gasteiger partial charge is 0.480 e. The molecule has 0 saturated heterocycles. The van der Waals surface area contributed by atoms with Crippen LogP contribution in [0.25, 0.3) is 0 Å². The van der Waals surface area contributed by atoms with Gasteiger partial charge in [0.2, 0.25) is 5.91 Å². The number of carbonyl (C=O) groups excluding carboxylic acids is 1. The van der Waals surface area contributed by atoms with E-state index in [0.29, 0.717) is 0 Å². The number of nitrogens with one attached hydrogen (secondary N) is 1. The highest BCUT2D eigenvalue weighted by Gasteiger charge is 2.27. The molecule has 0 saturated carbocycles. The number of carboxylic acid groups (broad SMARTS) is 1. The second-order valence-electron chi connectivity index (χ2n) is 4.48. The summed E-state index contributed by atoms with van der Waals surface area (Å²) in [6.07, 6.45) is 0.786. The first kappa shape index (κ1) is 14.9.